The van der Waals surface area contributed by atoms with Gasteiger partial charge in [0.25, 0.3) is 5.91 Å². The number of hydrogen-bond donors (Lipinski definition) is 1. The zero-order chi connectivity index (χ0) is 15.1. The van der Waals surface area contributed by atoms with Gasteiger partial charge in [0, 0.05) is 17.3 Å². The third-order valence-corrected chi connectivity index (χ3v) is 2.73. The van der Waals surface area contributed by atoms with Gasteiger partial charge in [0.1, 0.15) is 17.6 Å². The molecule has 0 unspecified atom stereocenters. The third kappa shape index (κ3) is 3.98. The molecule has 0 fully saturated rings. The molecule has 0 atom stereocenters. The summed E-state index contributed by atoms with van der Waals surface area (Å²) in [6.07, 6.45) is 0. The molecule has 0 spiro atoms. The number of benzene rings is 2. The van der Waals surface area contributed by atoms with Crippen molar-refractivity contribution in [1.82, 2.24) is 0 Å². The lowest BCUT2D eigenvalue weighted by atomic mass is 10.2. The number of anilines is 1. The molecule has 0 radical (unpaired) electrons. The largest absolute Gasteiger partial charge is 0.497 e. The normalized spacial score (nSPS) is 9.52. The monoisotopic (exact) mass is 282 g/mol. The second kappa shape index (κ2) is 6.96. The minimum Gasteiger partial charge on any atom is -0.497 e. The van der Waals surface area contributed by atoms with Crippen molar-refractivity contribution in [2.45, 2.75) is 0 Å². The first kappa shape index (κ1) is 14.4. The second-order valence-corrected chi connectivity index (χ2v) is 4.16. The smallest absolute Gasteiger partial charge is 0.255 e. The van der Waals surface area contributed by atoms with E-state index in [2.05, 4.69) is 5.32 Å². The fraction of sp³-hybridized carbons (Fsp3) is 0.125. The first-order chi connectivity index (χ1) is 10.2. The van der Waals surface area contributed by atoms with E-state index in [0.717, 1.165) is 0 Å². The summed E-state index contributed by atoms with van der Waals surface area (Å²) in [6.45, 7) is -0.0344. The van der Waals surface area contributed by atoms with Crippen LogP contribution in [0.25, 0.3) is 0 Å². The van der Waals surface area contributed by atoms with Crippen LogP contribution < -0.4 is 14.8 Å². The number of methoxy groups -OCH3 is 1. The lowest BCUT2D eigenvalue weighted by molar-refractivity contribution is 0.102. The predicted molar refractivity (Wildman–Crippen MR) is 78.5 cm³/mol. The Labute approximate surface area is 122 Å². The standard InChI is InChI=1S/C16H14N2O3/c1-20-14-6-2-4-12(10-14)16(19)18-13-5-3-7-15(11-13)21-9-8-17/h2-7,10-11H,9H2,1H3,(H,18,19). The van der Waals surface area contributed by atoms with E-state index < -0.39 is 0 Å². The van der Waals surface area contributed by atoms with Crippen LogP contribution in [0.3, 0.4) is 0 Å². The predicted octanol–water partition coefficient (Wildman–Crippen LogP) is 2.85. The van der Waals surface area contributed by atoms with Gasteiger partial charge in [0.2, 0.25) is 0 Å². The molecule has 2 rings (SSSR count). The molecule has 0 saturated heterocycles. The Morgan fingerprint density at radius 2 is 1.95 bits per heavy atom. The molecule has 0 heterocycles. The number of carbonyl (C=O) groups is 1. The lowest BCUT2D eigenvalue weighted by Gasteiger charge is -2.08. The summed E-state index contributed by atoms with van der Waals surface area (Å²) < 4.78 is 10.3. The molecule has 1 amide bonds. The van der Waals surface area contributed by atoms with Crippen LogP contribution in [0.5, 0.6) is 11.5 Å². The molecule has 0 saturated carbocycles. The van der Waals surface area contributed by atoms with E-state index in [9.17, 15) is 4.79 Å². The number of amides is 1. The molecule has 0 aromatic heterocycles. The van der Waals surface area contributed by atoms with Crippen LogP contribution in [0.1, 0.15) is 10.4 Å². The summed E-state index contributed by atoms with van der Waals surface area (Å²) >= 11 is 0. The van der Waals surface area contributed by atoms with Crippen molar-refractivity contribution in [2.24, 2.45) is 0 Å². The number of ether oxygens (including phenoxy) is 2. The number of rotatable bonds is 5. The van der Waals surface area contributed by atoms with E-state index in [1.807, 2.05) is 6.07 Å². The maximum Gasteiger partial charge on any atom is 0.255 e. The summed E-state index contributed by atoms with van der Waals surface area (Å²) in [5.74, 6) is 0.903. The first-order valence-corrected chi connectivity index (χ1v) is 6.28. The maximum absolute atomic E-state index is 12.1. The molecule has 21 heavy (non-hydrogen) atoms. The number of carbonyl (C=O) groups excluding carboxylic acids is 1. The van der Waals surface area contributed by atoms with Gasteiger partial charge in [0.05, 0.1) is 7.11 Å². The Kier molecular flexibility index (Phi) is 4.78. The SMILES string of the molecule is COc1cccc(C(=O)Nc2cccc(OCC#N)c2)c1. The van der Waals surface area contributed by atoms with Crippen LogP contribution >= 0.6 is 0 Å². The van der Waals surface area contributed by atoms with E-state index >= 15 is 0 Å². The van der Waals surface area contributed by atoms with Gasteiger partial charge < -0.3 is 14.8 Å². The molecule has 5 nitrogen and oxygen atoms in total. The Bertz CT molecular complexity index is 677. The molecule has 5 heteroatoms. The van der Waals surface area contributed by atoms with Crippen LogP contribution in [-0.4, -0.2) is 19.6 Å². The molecule has 0 aliphatic carbocycles. The highest BCUT2D eigenvalue weighted by Gasteiger charge is 2.07. The van der Waals surface area contributed by atoms with Crippen molar-refractivity contribution >= 4 is 11.6 Å². The third-order valence-electron chi connectivity index (χ3n) is 2.73. The molecule has 0 bridgehead atoms. The van der Waals surface area contributed by atoms with Gasteiger partial charge in [-0.1, -0.05) is 12.1 Å². The Balaban J connectivity index is 2.10. The average Bonchev–Trinajstić information content (AvgIpc) is 2.53. The van der Waals surface area contributed by atoms with Gasteiger partial charge >= 0.3 is 0 Å². The lowest BCUT2D eigenvalue weighted by Crippen LogP contribution is -2.12. The Morgan fingerprint density at radius 1 is 1.19 bits per heavy atom. The summed E-state index contributed by atoms with van der Waals surface area (Å²) in [7, 11) is 1.55. The molecule has 2 aromatic carbocycles. The van der Waals surface area contributed by atoms with Gasteiger partial charge in [0.15, 0.2) is 6.61 Å². The summed E-state index contributed by atoms with van der Waals surface area (Å²) in [5, 5.41) is 11.3. The fourth-order valence-corrected chi connectivity index (χ4v) is 1.75. The van der Waals surface area contributed by atoms with E-state index in [-0.39, 0.29) is 12.5 Å². The molecular formula is C16H14N2O3. The summed E-state index contributed by atoms with van der Waals surface area (Å²) in [6, 6.07) is 15.6. The van der Waals surface area contributed by atoms with E-state index in [1.165, 1.54) is 0 Å². The molecule has 106 valence electrons. The van der Waals surface area contributed by atoms with Crippen LogP contribution in [-0.2, 0) is 0 Å². The van der Waals surface area contributed by atoms with E-state index in [1.54, 1.807) is 55.6 Å². The summed E-state index contributed by atoms with van der Waals surface area (Å²) in [4.78, 5) is 12.1. The van der Waals surface area contributed by atoms with Crippen molar-refractivity contribution < 1.29 is 14.3 Å². The Morgan fingerprint density at radius 3 is 2.71 bits per heavy atom. The maximum atomic E-state index is 12.1. The van der Waals surface area contributed by atoms with Crippen LogP contribution in [0.2, 0.25) is 0 Å². The van der Waals surface area contributed by atoms with Crippen molar-refractivity contribution in [3.8, 4) is 17.6 Å². The van der Waals surface area contributed by atoms with E-state index in [0.29, 0.717) is 22.7 Å². The fourth-order valence-electron chi connectivity index (χ4n) is 1.75. The minimum atomic E-state index is -0.244. The molecule has 1 N–H and O–H groups in total. The van der Waals surface area contributed by atoms with Gasteiger partial charge in [-0.05, 0) is 30.3 Å². The quantitative estimate of drug-likeness (QED) is 0.915. The van der Waals surface area contributed by atoms with Gasteiger partial charge in [-0.15, -0.1) is 0 Å². The minimum absolute atomic E-state index is 0.0344. The highest BCUT2D eigenvalue weighted by molar-refractivity contribution is 6.04. The first-order valence-electron chi connectivity index (χ1n) is 6.28. The topological polar surface area (TPSA) is 71.3 Å². The molecule has 0 aliphatic heterocycles. The molecule has 0 aliphatic rings. The highest BCUT2D eigenvalue weighted by atomic mass is 16.5. The molecular weight excluding hydrogens is 268 g/mol. The number of nitrogens with zero attached hydrogens (tertiary/aromatic N) is 1. The number of nitrogens with one attached hydrogen (secondary N) is 1. The van der Waals surface area contributed by atoms with Gasteiger partial charge in [-0.2, -0.15) is 5.26 Å². The number of hydrogen-bond acceptors (Lipinski definition) is 4. The van der Waals surface area contributed by atoms with Crippen molar-refractivity contribution in [3.05, 3.63) is 54.1 Å². The van der Waals surface area contributed by atoms with Crippen LogP contribution in [0.4, 0.5) is 5.69 Å². The van der Waals surface area contributed by atoms with E-state index in [4.69, 9.17) is 14.7 Å². The average molecular weight is 282 g/mol. The van der Waals surface area contributed by atoms with Crippen LogP contribution in [0, 0.1) is 11.3 Å². The van der Waals surface area contributed by atoms with Crippen LogP contribution in [0.15, 0.2) is 48.5 Å². The second-order valence-electron chi connectivity index (χ2n) is 4.16. The molecule has 2 aromatic rings. The Hall–Kier alpha value is -3.00. The van der Waals surface area contributed by atoms with Crippen molar-refractivity contribution in [1.29, 1.82) is 5.26 Å². The van der Waals surface area contributed by atoms with Gasteiger partial charge in [-0.25, -0.2) is 0 Å². The zero-order valence-electron chi connectivity index (χ0n) is 11.5. The highest BCUT2D eigenvalue weighted by Crippen LogP contribution is 2.19. The van der Waals surface area contributed by atoms with Crippen molar-refractivity contribution in [2.75, 3.05) is 19.0 Å². The van der Waals surface area contributed by atoms with Gasteiger partial charge in [-0.3, -0.25) is 4.79 Å². The zero-order valence-corrected chi connectivity index (χ0v) is 11.5. The number of nitriles is 1. The van der Waals surface area contributed by atoms with Crippen molar-refractivity contribution in [3.63, 3.8) is 0 Å². The summed E-state index contributed by atoms with van der Waals surface area (Å²) in [5.41, 5.74) is 1.09.